The number of benzene rings is 1. The van der Waals surface area contributed by atoms with Crippen LogP contribution in [0.15, 0.2) is 18.2 Å². The molecule has 3 rings (SSSR count). The summed E-state index contributed by atoms with van der Waals surface area (Å²) in [6, 6.07) is 7.90. The van der Waals surface area contributed by atoms with Crippen molar-refractivity contribution < 1.29 is 0 Å². The van der Waals surface area contributed by atoms with Gasteiger partial charge >= 0.3 is 0 Å². The first-order chi connectivity index (χ1) is 10.1. The maximum absolute atomic E-state index is 3.62. The number of aryl methyl sites for hydroxylation is 2. The molecule has 1 unspecified atom stereocenters. The first kappa shape index (κ1) is 15.1. The summed E-state index contributed by atoms with van der Waals surface area (Å²) < 4.78 is 0. The van der Waals surface area contributed by atoms with Gasteiger partial charge in [0.25, 0.3) is 0 Å². The third-order valence-corrected chi connectivity index (χ3v) is 5.94. The third-order valence-electron chi connectivity index (χ3n) is 5.94. The molecule has 21 heavy (non-hydrogen) atoms. The number of nitrogens with one attached hydrogen (secondary N) is 1. The molecule has 1 heteroatoms. The second-order valence-corrected chi connectivity index (χ2v) is 8.06. The summed E-state index contributed by atoms with van der Waals surface area (Å²) in [6.45, 7) is 4.86. The largest absolute Gasteiger partial charge is 0.316 e. The van der Waals surface area contributed by atoms with Gasteiger partial charge in [0.1, 0.15) is 0 Å². The van der Waals surface area contributed by atoms with Crippen molar-refractivity contribution in [1.82, 2.24) is 5.32 Å². The van der Waals surface area contributed by atoms with Crippen molar-refractivity contribution in [1.29, 1.82) is 0 Å². The molecule has 2 aliphatic rings. The molecule has 1 fully saturated rings. The lowest BCUT2D eigenvalue weighted by Gasteiger charge is -2.38. The van der Waals surface area contributed by atoms with Crippen molar-refractivity contribution in [3.8, 4) is 0 Å². The second kappa shape index (κ2) is 6.12. The van der Waals surface area contributed by atoms with E-state index in [4.69, 9.17) is 0 Å². The van der Waals surface area contributed by atoms with Crippen molar-refractivity contribution in [3.63, 3.8) is 0 Å². The van der Waals surface area contributed by atoms with E-state index < -0.39 is 0 Å². The van der Waals surface area contributed by atoms with Crippen LogP contribution in [0.5, 0.6) is 0 Å². The van der Waals surface area contributed by atoms with Gasteiger partial charge in [0, 0.05) is 6.04 Å². The lowest BCUT2D eigenvalue weighted by atomic mass is 9.70. The number of hydrogen-bond acceptors (Lipinski definition) is 1. The average Bonchev–Trinajstić information content (AvgIpc) is 2.92. The van der Waals surface area contributed by atoms with Crippen LogP contribution in [0.4, 0.5) is 0 Å². The Morgan fingerprint density at radius 3 is 2.57 bits per heavy atom. The fraction of sp³-hybridized carbons (Fsp3) is 0.700. The topological polar surface area (TPSA) is 12.0 Å². The molecule has 0 bridgehead atoms. The molecular formula is C20H31N. The van der Waals surface area contributed by atoms with Crippen LogP contribution >= 0.6 is 0 Å². The highest BCUT2D eigenvalue weighted by molar-refractivity contribution is 5.35. The van der Waals surface area contributed by atoms with Crippen molar-refractivity contribution in [2.24, 2.45) is 11.3 Å². The molecule has 0 amide bonds. The molecule has 0 heterocycles. The Labute approximate surface area is 130 Å². The predicted octanol–water partition coefficient (Wildman–Crippen LogP) is 4.52. The van der Waals surface area contributed by atoms with Gasteiger partial charge in [0.05, 0.1) is 0 Å². The summed E-state index contributed by atoms with van der Waals surface area (Å²) in [6.07, 6.45) is 10.7. The van der Waals surface area contributed by atoms with Gasteiger partial charge in [0.2, 0.25) is 0 Å². The molecule has 2 aliphatic carbocycles. The van der Waals surface area contributed by atoms with E-state index in [0.717, 1.165) is 5.92 Å². The number of likely N-dealkylation sites (N-methyl/N-ethyl adjacent to an activating group) is 1. The smallest absolute Gasteiger partial charge is 0.0133 e. The molecule has 0 aromatic heterocycles. The Morgan fingerprint density at radius 2 is 1.86 bits per heavy atom. The molecule has 1 atom stereocenters. The first-order valence-corrected chi connectivity index (χ1v) is 8.85. The number of rotatable bonds is 4. The number of hydrogen-bond donors (Lipinski definition) is 1. The maximum Gasteiger partial charge on any atom is 0.0133 e. The molecule has 0 spiro atoms. The van der Waals surface area contributed by atoms with Crippen molar-refractivity contribution in [2.45, 2.75) is 71.3 Å². The van der Waals surface area contributed by atoms with Gasteiger partial charge in [-0.2, -0.15) is 0 Å². The fourth-order valence-corrected chi connectivity index (χ4v) is 4.33. The lowest BCUT2D eigenvalue weighted by Crippen LogP contribution is -2.38. The van der Waals surface area contributed by atoms with Crippen LogP contribution < -0.4 is 5.32 Å². The van der Waals surface area contributed by atoms with E-state index in [-0.39, 0.29) is 0 Å². The third kappa shape index (κ3) is 3.51. The van der Waals surface area contributed by atoms with Crippen LogP contribution in [0, 0.1) is 11.3 Å². The van der Waals surface area contributed by atoms with E-state index in [1.165, 1.54) is 51.4 Å². The van der Waals surface area contributed by atoms with Gasteiger partial charge in [-0.25, -0.2) is 0 Å². The van der Waals surface area contributed by atoms with E-state index in [1.54, 1.807) is 16.7 Å². The molecule has 1 nitrogen and oxygen atoms in total. The normalized spacial score (nSPS) is 23.0. The maximum atomic E-state index is 3.62. The highest BCUT2D eigenvalue weighted by Gasteiger charge is 2.30. The van der Waals surface area contributed by atoms with Gasteiger partial charge in [-0.3, -0.25) is 0 Å². The van der Waals surface area contributed by atoms with Crippen LogP contribution in [-0.2, 0) is 19.3 Å². The second-order valence-electron chi connectivity index (χ2n) is 8.06. The minimum absolute atomic E-state index is 0.572. The highest BCUT2D eigenvalue weighted by atomic mass is 14.9. The zero-order valence-corrected chi connectivity index (χ0v) is 14.0. The molecule has 1 saturated carbocycles. The summed E-state index contributed by atoms with van der Waals surface area (Å²) in [4.78, 5) is 0. The average molecular weight is 285 g/mol. The summed E-state index contributed by atoms with van der Waals surface area (Å²) in [7, 11) is 2.15. The standard InChI is InChI=1S/C20H31N/c1-20(2)11-9-17(10-12-20)19(21-3)14-15-7-8-16-5-4-6-18(16)13-15/h7-8,13,17,19,21H,4-6,9-12,14H2,1-3H3. The summed E-state index contributed by atoms with van der Waals surface area (Å²) >= 11 is 0. The Kier molecular flexibility index (Phi) is 4.40. The highest BCUT2D eigenvalue weighted by Crippen LogP contribution is 2.39. The van der Waals surface area contributed by atoms with E-state index >= 15 is 0 Å². The van der Waals surface area contributed by atoms with Gasteiger partial charge in [-0.15, -0.1) is 0 Å². The summed E-state index contributed by atoms with van der Waals surface area (Å²) in [5, 5.41) is 3.62. The molecule has 0 saturated heterocycles. The van der Waals surface area contributed by atoms with Crippen molar-refractivity contribution in [3.05, 3.63) is 34.9 Å². The van der Waals surface area contributed by atoms with E-state index in [2.05, 4.69) is 44.4 Å². The quantitative estimate of drug-likeness (QED) is 0.857. The van der Waals surface area contributed by atoms with Gasteiger partial charge in [-0.1, -0.05) is 32.0 Å². The molecule has 0 radical (unpaired) electrons. The fourth-order valence-electron chi connectivity index (χ4n) is 4.33. The van der Waals surface area contributed by atoms with Crippen LogP contribution in [0.1, 0.15) is 62.6 Å². The van der Waals surface area contributed by atoms with Gasteiger partial charge in [-0.05, 0) is 86.4 Å². The monoisotopic (exact) mass is 285 g/mol. The zero-order valence-electron chi connectivity index (χ0n) is 14.0. The van der Waals surface area contributed by atoms with E-state index in [9.17, 15) is 0 Å². The van der Waals surface area contributed by atoms with E-state index in [1.807, 2.05) is 0 Å². The van der Waals surface area contributed by atoms with Gasteiger partial charge < -0.3 is 5.32 Å². The lowest BCUT2D eigenvalue weighted by molar-refractivity contribution is 0.163. The minimum Gasteiger partial charge on any atom is -0.316 e. The van der Waals surface area contributed by atoms with Crippen LogP contribution in [-0.4, -0.2) is 13.1 Å². The molecule has 116 valence electrons. The molecule has 1 N–H and O–H groups in total. The molecule has 1 aromatic carbocycles. The minimum atomic E-state index is 0.572. The van der Waals surface area contributed by atoms with Gasteiger partial charge in [0.15, 0.2) is 0 Å². The molecule has 1 aromatic rings. The SMILES string of the molecule is CNC(Cc1ccc2c(c1)CCC2)C1CCC(C)(C)CC1. The Balaban J connectivity index is 1.65. The molecular weight excluding hydrogens is 254 g/mol. The van der Waals surface area contributed by atoms with Crippen molar-refractivity contribution in [2.75, 3.05) is 7.05 Å². The molecule has 0 aliphatic heterocycles. The van der Waals surface area contributed by atoms with Crippen LogP contribution in [0.25, 0.3) is 0 Å². The summed E-state index contributed by atoms with van der Waals surface area (Å²) in [5.41, 5.74) is 5.33. The van der Waals surface area contributed by atoms with E-state index in [0.29, 0.717) is 11.5 Å². The Hall–Kier alpha value is -0.820. The van der Waals surface area contributed by atoms with Crippen LogP contribution in [0.2, 0.25) is 0 Å². The summed E-state index contributed by atoms with van der Waals surface area (Å²) in [5.74, 6) is 0.858. The Bertz CT molecular complexity index is 479. The van der Waals surface area contributed by atoms with Crippen molar-refractivity contribution >= 4 is 0 Å². The van der Waals surface area contributed by atoms with Crippen LogP contribution in [0.3, 0.4) is 0 Å². The zero-order chi connectivity index (χ0) is 14.9. The first-order valence-electron chi connectivity index (χ1n) is 8.85. The predicted molar refractivity (Wildman–Crippen MR) is 90.8 cm³/mol. The Morgan fingerprint density at radius 1 is 1.14 bits per heavy atom. The number of fused-ring (bicyclic) bond motifs is 1.